The molecule has 37 heavy (non-hydrogen) atoms. The van der Waals surface area contributed by atoms with Gasteiger partial charge < -0.3 is 29.8 Å². The summed E-state index contributed by atoms with van der Waals surface area (Å²) < 4.78 is 13.1. The lowest BCUT2D eigenvalue weighted by Gasteiger charge is -2.30. The molecule has 2 aliphatic heterocycles. The Balaban J connectivity index is 1.59. The molecule has 1 fully saturated rings. The first-order chi connectivity index (χ1) is 17.9. The minimum atomic E-state index is -0.833. The number of aromatic nitrogens is 1. The number of nitrogens with zero attached hydrogens (tertiary/aromatic N) is 3. The summed E-state index contributed by atoms with van der Waals surface area (Å²) in [6, 6.07) is 9.48. The molecule has 4 rings (SSSR count). The summed E-state index contributed by atoms with van der Waals surface area (Å²) in [6.45, 7) is 4.85. The van der Waals surface area contributed by atoms with Crippen LogP contribution in [0.15, 0.2) is 36.5 Å². The molecule has 0 aliphatic carbocycles. The molecule has 3 heterocycles. The molecular formula is C28H40N4O5. The molecule has 1 saturated heterocycles. The number of carboxylic acids is 1. The number of ether oxygens (including phenoxy) is 2. The number of carboxylic acid groups (broad SMARTS) is 1. The van der Waals surface area contributed by atoms with E-state index >= 15 is 0 Å². The van der Waals surface area contributed by atoms with Gasteiger partial charge in [0.1, 0.15) is 0 Å². The van der Waals surface area contributed by atoms with E-state index in [1.54, 1.807) is 0 Å². The number of fused-ring (bicyclic) bond motifs is 1. The molecule has 0 spiro atoms. The summed E-state index contributed by atoms with van der Waals surface area (Å²) in [5.74, 6) is -0.369. The molecule has 2 aromatic rings. The van der Waals surface area contributed by atoms with Crippen molar-refractivity contribution in [3.05, 3.63) is 47.8 Å². The van der Waals surface area contributed by atoms with Crippen LogP contribution in [-0.4, -0.2) is 76.9 Å². The predicted octanol–water partition coefficient (Wildman–Crippen LogP) is 2.83. The molecule has 0 bridgehead atoms. The zero-order valence-corrected chi connectivity index (χ0v) is 22.0. The molecule has 1 aromatic heterocycles. The zero-order chi connectivity index (χ0) is 26.4. The number of unbranched alkanes of at least 4 members (excludes halogenated alkanes) is 1. The number of aliphatic carboxylic acids is 1. The van der Waals surface area contributed by atoms with Crippen LogP contribution in [0.2, 0.25) is 0 Å². The summed E-state index contributed by atoms with van der Waals surface area (Å²) >= 11 is 0. The van der Waals surface area contributed by atoms with Crippen LogP contribution in [0.1, 0.15) is 49.8 Å². The highest BCUT2D eigenvalue weighted by atomic mass is 16.7. The van der Waals surface area contributed by atoms with E-state index in [9.17, 15) is 14.7 Å². The Morgan fingerprint density at radius 3 is 2.65 bits per heavy atom. The van der Waals surface area contributed by atoms with Gasteiger partial charge in [-0.2, -0.15) is 0 Å². The maximum Gasteiger partial charge on any atom is 0.308 e. The second-order valence-corrected chi connectivity index (χ2v) is 10.1. The fraction of sp³-hybridized carbons (Fsp3) is 0.571. The summed E-state index contributed by atoms with van der Waals surface area (Å²) in [7, 11) is 2.00. The zero-order valence-electron chi connectivity index (χ0n) is 22.0. The number of hydrogen-bond donors (Lipinski definition) is 2. The van der Waals surface area contributed by atoms with E-state index < -0.39 is 11.9 Å². The number of amides is 1. The topological polar surface area (TPSA) is 110 Å². The molecule has 3 N–H and O–H groups in total. The molecule has 0 saturated carbocycles. The monoisotopic (exact) mass is 512 g/mol. The summed E-state index contributed by atoms with van der Waals surface area (Å²) in [5.41, 5.74) is 7.78. The normalized spacial score (nSPS) is 20.9. The summed E-state index contributed by atoms with van der Waals surface area (Å²) in [5, 5.41) is 10.4. The fourth-order valence-electron chi connectivity index (χ4n) is 5.65. The van der Waals surface area contributed by atoms with E-state index in [2.05, 4.69) is 22.5 Å². The van der Waals surface area contributed by atoms with Crippen LogP contribution >= 0.6 is 0 Å². The number of aryl methyl sites for hydroxylation is 2. The van der Waals surface area contributed by atoms with Crippen molar-refractivity contribution in [3.63, 3.8) is 0 Å². The van der Waals surface area contributed by atoms with E-state index in [4.69, 9.17) is 15.2 Å². The Kier molecular flexibility index (Phi) is 9.10. The molecule has 202 valence electrons. The lowest BCUT2D eigenvalue weighted by atomic mass is 9.83. The van der Waals surface area contributed by atoms with Crippen molar-refractivity contribution in [2.75, 3.05) is 39.5 Å². The lowest BCUT2D eigenvalue weighted by molar-refractivity contribution is -0.143. The van der Waals surface area contributed by atoms with E-state index in [0.29, 0.717) is 44.1 Å². The Morgan fingerprint density at radius 2 is 1.95 bits per heavy atom. The Hall–Kier alpha value is -3.04. The van der Waals surface area contributed by atoms with Crippen LogP contribution in [0.3, 0.4) is 0 Å². The van der Waals surface area contributed by atoms with Crippen molar-refractivity contribution in [1.29, 1.82) is 0 Å². The van der Waals surface area contributed by atoms with Gasteiger partial charge in [0.15, 0.2) is 11.5 Å². The van der Waals surface area contributed by atoms with Crippen molar-refractivity contribution in [3.8, 4) is 11.5 Å². The van der Waals surface area contributed by atoms with Crippen LogP contribution in [0, 0.1) is 5.92 Å². The minimum absolute atomic E-state index is 0.0428. The smallest absolute Gasteiger partial charge is 0.308 e. The lowest BCUT2D eigenvalue weighted by Crippen LogP contribution is -2.45. The molecule has 9 heteroatoms. The quantitative estimate of drug-likeness (QED) is 0.425. The van der Waals surface area contributed by atoms with Gasteiger partial charge in [-0.3, -0.25) is 14.5 Å². The minimum Gasteiger partial charge on any atom is -0.481 e. The van der Waals surface area contributed by atoms with Gasteiger partial charge in [-0.05, 0) is 62.1 Å². The van der Waals surface area contributed by atoms with Crippen molar-refractivity contribution in [2.45, 2.75) is 51.0 Å². The van der Waals surface area contributed by atoms with E-state index in [0.717, 1.165) is 36.9 Å². The van der Waals surface area contributed by atoms with E-state index in [-0.39, 0.29) is 31.2 Å². The maximum atomic E-state index is 13.5. The first-order valence-corrected chi connectivity index (χ1v) is 13.4. The number of likely N-dealkylation sites (tertiary alicyclic amines) is 1. The molecule has 3 atom stereocenters. The number of hydrogen-bond acceptors (Lipinski definition) is 6. The first kappa shape index (κ1) is 27.0. The van der Waals surface area contributed by atoms with Crippen molar-refractivity contribution < 1.29 is 24.2 Å². The number of carbonyl (C=O) groups is 2. The van der Waals surface area contributed by atoms with Gasteiger partial charge in [0.2, 0.25) is 12.7 Å². The van der Waals surface area contributed by atoms with Crippen LogP contribution < -0.4 is 15.2 Å². The van der Waals surface area contributed by atoms with Crippen molar-refractivity contribution in [1.82, 2.24) is 14.4 Å². The molecule has 0 radical (unpaired) electrons. The van der Waals surface area contributed by atoms with E-state index in [1.807, 2.05) is 42.4 Å². The van der Waals surface area contributed by atoms with Gasteiger partial charge in [-0.1, -0.05) is 19.4 Å². The number of carbonyl (C=O) groups excluding carboxylic acids is 1. The standard InChI is InChI=1S/C28H40N4O5/c1-3-4-14-31(15-6-12-29)26(33)18-32-17-22(20-8-11-24-25(16-20)37-19-36-24)27(28(34)35)23(32)10-9-21-7-5-13-30(21)2/h5,7-8,11,13,16,22-23,27H,3-4,6,9-10,12,14-15,17-19,29H2,1-2H3,(H,34,35). The number of rotatable bonds is 13. The molecule has 2 aliphatic rings. The first-order valence-electron chi connectivity index (χ1n) is 13.4. The fourth-order valence-corrected chi connectivity index (χ4v) is 5.65. The predicted molar refractivity (Wildman–Crippen MR) is 141 cm³/mol. The Bertz CT molecular complexity index is 1060. The van der Waals surface area contributed by atoms with Gasteiger partial charge in [-0.25, -0.2) is 0 Å². The van der Waals surface area contributed by atoms with Crippen molar-refractivity contribution >= 4 is 11.9 Å². The highest BCUT2D eigenvalue weighted by molar-refractivity contribution is 5.79. The average molecular weight is 513 g/mol. The second-order valence-electron chi connectivity index (χ2n) is 10.1. The Morgan fingerprint density at radius 1 is 1.16 bits per heavy atom. The third kappa shape index (κ3) is 6.27. The summed E-state index contributed by atoms with van der Waals surface area (Å²) in [6.07, 6.45) is 6.08. The van der Waals surface area contributed by atoms with Crippen LogP contribution in [0.5, 0.6) is 11.5 Å². The van der Waals surface area contributed by atoms with Crippen LogP contribution in [0.4, 0.5) is 0 Å². The molecular weight excluding hydrogens is 472 g/mol. The van der Waals surface area contributed by atoms with Gasteiger partial charge in [0.25, 0.3) is 0 Å². The highest BCUT2D eigenvalue weighted by Gasteiger charge is 2.47. The molecule has 3 unspecified atom stereocenters. The molecule has 1 aromatic carbocycles. The van der Waals surface area contributed by atoms with E-state index in [1.165, 1.54) is 0 Å². The third-order valence-corrected chi connectivity index (χ3v) is 7.71. The van der Waals surface area contributed by atoms with Gasteiger partial charge in [-0.15, -0.1) is 0 Å². The summed E-state index contributed by atoms with van der Waals surface area (Å²) in [4.78, 5) is 30.2. The maximum absolute atomic E-state index is 13.5. The largest absolute Gasteiger partial charge is 0.481 e. The number of nitrogens with two attached hydrogens (primary N) is 1. The van der Waals surface area contributed by atoms with Gasteiger partial charge in [0.05, 0.1) is 12.5 Å². The van der Waals surface area contributed by atoms with Gasteiger partial charge in [0, 0.05) is 50.5 Å². The molecule has 1 amide bonds. The molecule has 9 nitrogen and oxygen atoms in total. The SMILES string of the molecule is CCCCN(CCCN)C(=O)CN1CC(c2ccc3c(c2)OCO3)C(C(=O)O)C1CCc1cccn1C. The highest BCUT2D eigenvalue weighted by Crippen LogP contribution is 2.43. The van der Waals surface area contributed by atoms with Crippen molar-refractivity contribution in [2.24, 2.45) is 18.7 Å². The third-order valence-electron chi connectivity index (χ3n) is 7.71. The van der Waals surface area contributed by atoms with Crippen LogP contribution in [-0.2, 0) is 23.1 Å². The number of benzene rings is 1. The van der Waals surface area contributed by atoms with Crippen LogP contribution in [0.25, 0.3) is 0 Å². The average Bonchev–Trinajstić information content (AvgIpc) is 3.60. The van der Waals surface area contributed by atoms with Gasteiger partial charge >= 0.3 is 5.97 Å². The Labute approximate surface area is 219 Å². The second kappa shape index (κ2) is 12.5.